The molecular weight excluding hydrogens is 156 g/mol. The summed E-state index contributed by atoms with van der Waals surface area (Å²) in [5.74, 6) is 0. The highest BCUT2D eigenvalue weighted by molar-refractivity contribution is 5.29. The van der Waals surface area contributed by atoms with E-state index in [1.807, 2.05) is 0 Å². The van der Waals surface area contributed by atoms with Gasteiger partial charge in [0.25, 0.3) is 0 Å². The van der Waals surface area contributed by atoms with Gasteiger partial charge in [0, 0.05) is 0 Å². The Kier molecular flexibility index (Phi) is 4.31. The Balaban J connectivity index is 2.72. The van der Waals surface area contributed by atoms with Gasteiger partial charge in [-0.3, -0.25) is 0 Å². The molecule has 1 aliphatic carbocycles. The van der Waals surface area contributed by atoms with Crippen LogP contribution in [0.15, 0.2) is 47.6 Å². The second kappa shape index (κ2) is 5.58. The predicted molar refractivity (Wildman–Crippen MR) is 59.6 cm³/mol. The number of rotatable bonds is 2. The Morgan fingerprint density at radius 1 is 1.15 bits per heavy atom. The maximum absolute atomic E-state index is 2.32. The Morgan fingerprint density at radius 3 is 2.69 bits per heavy atom. The smallest absolute Gasteiger partial charge is 0.0158 e. The summed E-state index contributed by atoms with van der Waals surface area (Å²) in [6, 6.07) is 0. The van der Waals surface area contributed by atoms with E-state index in [1.165, 1.54) is 24.0 Å². The SMILES string of the molecule is CCCC1=CCC=C(C)C=CC=C1. The van der Waals surface area contributed by atoms with Crippen molar-refractivity contribution in [3.63, 3.8) is 0 Å². The van der Waals surface area contributed by atoms with E-state index in [2.05, 4.69) is 50.3 Å². The summed E-state index contributed by atoms with van der Waals surface area (Å²) in [7, 11) is 0. The molecule has 0 bridgehead atoms. The van der Waals surface area contributed by atoms with Crippen molar-refractivity contribution < 1.29 is 0 Å². The highest BCUT2D eigenvalue weighted by atomic mass is 14.0. The lowest BCUT2D eigenvalue weighted by Gasteiger charge is -1.97. The third-order valence-electron chi connectivity index (χ3n) is 2.14. The summed E-state index contributed by atoms with van der Waals surface area (Å²) in [4.78, 5) is 0. The van der Waals surface area contributed by atoms with E-state index in [9.17, 15) is 0 Å². The molecule has 0 unspecified atom stereocenters. The van der Waals surface area contributed by atoms with Gasteiger partial charge in [-0.2, -0.15) is 0 Å². The Hall–Kier alpha value is -1.04. The first-order valence-electron chi connectivity index (χ1n) is 5.03. The summed E-state index contributed by atoms with van der Waals surface area (Å²) in [5.41, 5.74) is 2.80. The van der Waals surface area contributed by atoms with Crippen molar-refractivity contribution in [2.45, 2.75) is 33.1 Å². The maximum Gasteiger partial charge on any atom is -0.0158 e. The fraction of sp³-hybridized carbons (Fsp3) is 0.385. The lowest BCUT2D eigenvalue weighted by atomic mass is 10.1. The molecule has 0 atom stereocenters. The van der Waals surface area contributed by atoms with Crippen molar-refractivity contribution >= 4 is 0 Å². The van der Waals surface area contributed by atoms with Gasteiger partial charge in [0.2, 0.25) is 0 Å². The highest BCUT2D eigenvalue weighted by Gasteiger charge is 1.90. The third kappa shape index (κ3) is 3.93. The zero-order valence-electron chi connectivity index (χ0n) is 8.59. The molecular formula is C13H18. The summed E-state index contributed by atoms with van der Waals surface area (Å²) in [6.45, 7) is 4.36. The van der Waals surface area contributed by atoms with Crippen LogP contribution in [-0.4, -0.2) is 0 Å². The van der Waals surface area contributed by atoms with E-state index < -0.39 is 0 Å². The topological polar surface area (TPSA) is 0 Å². The van der Waals surface area contributed by atoms with Crippen LogP contribution in [0.3, 0.4) is 0 Å². The zero-order chi connectivity index (χ0) is 9.52. The molecule has 0 radical (unpaired) electrons. The minimum absolute atomic E-state index is 1.07. The van der Waals surface area contributed by atoms with Crippen LogP contribution in [0.1, 0.15) is 33.1 Å². The minimum atomic E-state index is 1.07. The number of hydrogen-bond acceptors (Lipinski definition) is 0. The van der Waals surface area contributed by atoms with Crippen LogP contribution in [0.4, 0.5) is 0 Å². The van der Waals surface area contributed by atoms with E-state index >= 15 is 0 Å². The standard InChI is InChI=1S/C13H18/c1-3-7-13-10-5-4-8-12(2)9-6-11-13/h4-5,8-11H,3,6-7H2,1-2H3. The average Bonchev–Trinajstić information content (AvgIpc) is 2.20. The predicted octanol–water partition coefficient (Wildman–Crippen LogP) is 4.18. The normalized spacial score (nSPS) is 17.1. The van der Waals surface area contributed by atoms with Crippen molar-refractivity contribution in [3.05, 3.63) is 47.6 Å². The van der Waals surface area contributed by atoms with Gasteiger partial charge in [-0.25, -0.2) is 0 Å². The quantitative estimate of drug-likeness (QED) is 0.589. The van der Waals surface area contributed by atoms with Crippen molar-refractivity contribution in [3.8, 4) is 0 Å². The summed E-state index contributed by atoms with van der Waals surface area (Å²) >= 11 is 0. The highest BCUT2D eigenvalue weighted by Crippen LogP contribution is 2.11. The lowest BCUT2D eigenvalue weighted by Crippen LogP contribution is -1.77. The van der Waals surface area contributed by atoms with Gasteiger partial charge >= 0.3 is 0 Å². The van der Waals surface area contributed by atoms with Crippen LogP contribution < -0.4 is 0 Å². The summed E-state index contributed by atoms with van der Waals surface area (Å²) in [6.07, 6.45) is 16.7. The van der Waals surface area contributed by atoms with Gasteiger partial charge in [-0.15, -0.1) is 0 Å². The molecule has 0 aromatic heterocycles. The molecule has 0 fully saturated rings. The minimum Gasteiger partial charge on any atom is -0.0778 e. The van der Waals surface area contributed by atoms with Crippen LogP contribution in [0, 0.1) is 0 Å². The fourth-order valence-electron chi connectivity index (χ4n) is 1.39. The number of hydrogen-bond donors (Lipinski definition) is 0. The van der Waals surface area contributed by atoms with E-state index in [-0.39, 0.29) is 0 Å². The van der Waals surface area contributed by atoms with Gasteiger partial charge in [-0.1, -0.05) is 60.9 Å². The molecule has 0 saturated heterocycles. The summed E-state index contributed by atoms with van der Waals surface area (Å²) in [5, 5.41) is 0. The molecule has 0 amide bonds. The molecule has 0 aliphatic heterocycles. The van der Waals surface area contributed by atoms with E-state index in [4.69, 9.17) is 0 Å². The van der Waals surface area contributed by atoms with Gasteiger partial charge in [0.15, 0.2) is 0 Å². The molecule has 0 aromatic rings. The molecule has 0 saturated carbocycles. The van der Waals surface area contributed by atoms with Crippen LogP contribution >= 0.6 is 0 Å². The first-order chi connectivity index (χ1) is 6.33. The second-order valence-corrected chi connectivity index (χ2v) is 3.43. The second-order valence-electron chi connectivity index (χ2n) is 3.43. The van der Waals surface area contributed by atoms with E-state index in [0.29, 0.717) is 0 Å². The lowest BCUT2D eigenvalue weighted by molar-refractivity contribution is 0.921. The van der Waals surface area contributed by atoms with Crippen molar-refractivity contribution in [1.29, 1.82) is 0 Å². The molecule has 0 heterocycles. The first kappa shape index (κ1) is 10.0. The van der Waals surface area contributed by atoms with Crippen LogP contribution in [-0.2, 0) is 0 Å². The zero-order valence-corrected chi connectivity index (χ0v) is 8.59. The molecule has 0 nitrogen and oxygen atoms in total. The molecule has 1 rings (SSSR count). The Bertz CT molecular complexity index is 262. The van der Waals surface area contributed by atoms with Gasteiger partial charge in [0.05, 0.1) is 0 Å². The van der Waals surface area contributed by atoms with Crippen molar-refractivity contribution in [2.75, 3.05) is 0 Å². The molecule has 70 valence electrons. The van der Waals surface area contributed by atoms with Gasteiger partial charge < -0.3 is 0 Å². The van der Waals surface area contributed by atoms with E-state index in [1.54, 1.807) is 0 Å². The number of allylic oxidation sites excluding steroid dienone is 8. The molecule has 0 heteroatoms. The Morgan fingerprint density at radius 2 is 1.92 bits per heavy atom. The van der Waals surface area contributed by atoms with Crippen molar-refractivity contribution in [2.24, 2.45) is 0 Å². The molecule has 0 N–H and O–H groups in total. The van der Waals surface area contributed by atoms with E-state index in [0.717, 1.165) is 6.42 Å². The van der Waals surface area contributed by atoms with Gasteiger partial charge in [0.1, 0.15) is 0 Å². The largest absolute Gasteiger partial charge is 0.0778 e. The molecule has 0 aromatic carbocycles. The Labute approximate surface area is 81.4 Å². The molecule has 1 aliphatic rings. The first-order valence-corrected chi connectivity index (χ1v) is 5.03. The van der Waals surface area contributed by atoms with Crippen LogP contribution in [0.25, 0.3) is 0 Å². The molecule has 0 spiro atoms. The monoisotopic (exact) mass is 174 g/mol. The fourth-order valence-corrected chi connectivity index (χ4v) is 1.39. The third-order valence-corrected chi connectivity index (χ3v) is 2.14. The van der Waals surface area contributed by atoms with Crippen LogP contribution in [0.2, 0.25) is 0 Å². The maximum atomic E-state index is 2.32. The average molecular weight is 174 g/mol. The van der Waals surface area contributed by atoms with Gasteiger partial charge in [-0.05, 0) is 19.8 Å². The molecule has 13 heavy (non-hydrogen) atoms. The summed E-state index contributed by atoms with van der Waals surface area (Å²) < 4.78 is 0. The van der Waals surface area contributed by atoms with Crippen LogP contribution in [0.5, 0.6) is 0 Å². The van der Waals surface area contributed by atoms with Crippen molar-refractivity contribution in [1.82, 2.24) is 0 Å².